The van der Waals surface area contributed by atoms with Crippen molar-refractivity contribution in [1.82, 2.24) is 15.1 Å². The van der Waals surface area contributed by atoms with Crippen molar-refractivity contribution in [2.75, 3.05) is 6.54 Å². The van der Waals surface area contributed by atoms with E-state index in [-0.39, 0.29) is 17.2 Å². The van der Waals surface area contributed by atoms with E-state index in [2.05, 4.69) is 10.4 Å². The number of carboxylic acids is 1. The van der Waals surface area contributed by atoms with E-state index >= 15 is 0 Å². The summed E-state index contributed by atoms with van der Waals surface area (Å²) in [6.07, 6.45) is 1.20. The van der Waals surface area contributed by atoms with Crippen molar-refractivity contribution in [3.05, 3.63) is 17.5 Å². The van der Waals surface area contributed by atoms with Crippen LogP contribution in [0.4, 0.5) is 0 Å². The molecule has 0 spiro atoms. The van der Waals surface area contributed by atoms with Gasteiger partial charge in [0.1, 0.15) is 11.3 Å². The van der Waals surface area contributed by atoms with Crippen molar-refractivity contribution >= 4 is 11.9 Å². The zero-order chi connectivity index (χ0) is 9.42. The van der Waals surface area contributed by atoms with E-state index in [1.54, 1.807) is 0 Å². The number of rotatable bonds is 1. The summed E-state index contributed by atoms with van der Waals surface area (Å²) in [6, 6.07) is 0. The number of nitrogens with zero attached hydrogens (tertiary/aromatic N) is 2. The van der Waals surface area contributed by atoms with Crippen LogP contribution in [0.3, 0.4) is 0 Å². The second-order valence-corrected chi connectivity index (χ2v) is 2.69. The molecule has 6 nitrogen and oxygen atoms in total. The summed E-state index contributed by atoms with van der Waals surface area (Å²) in [6.45, 7) is 1.01. The highest BCUT2D eigenvalue weighted by Gasteiger charge is 2.25. The molecule has 0 atom stereocenters. The lowest BCUT2D eigenvalue weighted by molar-refractivity contribution is 0.0689. The van der Waals surface area contributed by atoms with Crippen LogP contribution in [0.2, 0.25) is 0 Å². The molecule has 2 N–H and O–H groups in total. The van der Waals surface area contributed by atoms with E-state index in [0.717, 1.165) is 0 Å². The average molecular weight is 181 g/mol. The Kier molecular flexibility index (Phi) is 1.54. The van der Waals surface area contributed by atoms with Gasteiger partial charge in [0.25, 0.3) is 5.91 Å². The predicted octanol–water partition coefficient (Wildman–Crippen LogP) is -0.675. The van der Waals surface area contributed by atoms with E-state index in [9.17, 15) is 9.59 Å². The molecular formula is C7H7N3O3. The maximum Gasteiger partial charge on any atom is 0.339 e. The van der Waals surface area contributed by atoms with Crippen LogP contribution < -0.4 is 5.32 Å². The number of carbonyl (C=O) groups excluding carboxylic acids is 1. The van der Waals surface area contributed by atoms with Gasteiger partial charge < -0.3 is 10.4 Å². The molecule has 6 heteroatoms. The predicted molar refractivity (Wildman–Crippen MR) is 41.5 cm³/mol. The van der Waals surface area contributed by atoms with Crippen molar-refractivity contribution in [3.8, 4) is 0 Å². The molecule has 0 radical (unpaired) electrons. The largest absolute Gasteiger partial charge is 0.478 e. The SMILES string of the molecule is O=C(O)c1cnn2c1C(=O)NCC2. The Balaban J connectivity index is 2.56. The molecule has 1 aromatic rings. The Morgan fingerprint density at radius 3 is 3.15 bits per heavy atom. The molecule has 13 heavy (non-hydrogen) atoms. The van der Waals surface area contributed by atoms with Gasteiger partial charge in [0.05, 0.1) is 12.7 Å². The Morgan fingerprint density at radius 2 is 2.46 bits per heavy atom. The number of hydrogen-bond acceptors (Lipinski definition) is 3. The molecule has 2 heterocycles. The summed E-state index contributed by atoms with van der Waals surface area (Å²) in [4.78, 5) is 21.9. The minimum absolute atomic E-state index is 0.0443. The van der Waals surface area contributed by atoms with Crippen LogP contribution >= 0.6 is 0 Å². The first-order valence-corrected chi connectivity index (χ1v) is 3.77. The molecule has 1 aromatic heterocycles. The third-order valence-electron chi connectivity index (χ3n) is 1.89. The van der Waals surface area contributed by atoms with Gasteiger partial charge >= 0.3 is 5.97 Å². The molecule has 1 aliphatic heterocycles. The van der Waals surface area contributed by atoms with Gasteiger partial charge in [-0.3, -0.25) is 9.48 Å². The van der Waals surface area contributed by atoms with E-state index < -0.39 is 5.97 Å². The lowest BCUT2D eigenvalue weighted by atomic mass is 10.2. The average Bonchev–Trinajstić information content (AvgIpc) is 2.49. The quantitative estimate of drug-likeness (QED) is 0.601. The number of hydrogen-bond donors (Lipinski definition) is 2. The Morgan fingerprint density at radius 1 is 1.69 bits per heavy atom. The summed E-state index contributed by atoms with van der Waals surface area (Å²) >= 11 is 0. The lowest BCUT2D eigenvalue weighted by Crippen LogP contribution is -2.36. The highest BCUT2D eigenvalue weighted by Crippen LogP contribution is 2.10. The zero-order valence-electron chi connectivity index (χ0n) is 6.65. The van der Waals surface area contributed by atoms with Crippen LogP contribution in [0.5, 0.6) is 0 Å². The van der Waals surface area contributed by atoms with E-state index in [0.29, 0.717) is 13.1 Å². The molecule has 68 valence electrons. The second-order valence-electron chi connectivity index (χ2n) is 2.69. The number of amides is 1. The topological polar surface area (TPSA) is 84.2 Å². The Labute approximate surface area is 73.2 Å². The van der Waals surface area contributed by atoms with Crippen molar-refractivity contribution in [2.24, 2.45) is 0 Å². The first kappa shape index (κ1) is 7.78. The molecule has 0 fully saturated rings. The normalized spacial score (nSPS) is 14.9. The number of fused-ring (bicyclic) bond motifs is 1. The van der Waals surface area contributed by atoms with E-state index in [4.69, 9.17) is 5.11 Å². The highest BCUT2D eigenvalue weighted by atomic mass is 16.4. The lowest BCUT2D eigenvalue weighted by Gasteiger charge is -2.14. The zero-order valence-corrected chi connectivity index (χ0v) is 6.65. The molecule has 0 aliphatic carbocycles. The van der Waals surface area contributed by atoms with Gasteiger partial charge in [-0.15, -0.1) is 0 Å². The molecule has 0 unspecified atom stereocenters. The number of carboxylic acid groups (broad SMARTS) is 1. The first-order valence-electron chi connectivity index (χ1n) is 3.77. The summed E-state index contributed by atoms with van der Waals surface area (Å²) in [7, 11) is 0. The van der Waals surface area contributed by atoms with Gasteiger partial charge in [-0.2, -0.15) is 5.10 Å². The monoisotopic (exact) mass is 181 g/mol. The van der Waals surface area contributed by atoms with Crippen LogP contribution in [0, 0.1) is 0 Å². The van der Waals surface area contributed by atoms with E-state index in [1.165, 1.54) is 10.9 Å². The Hall–Kier alpha value is -1.85. The van der Waals surface area contributed by atoms with Crippen molar-refractivity contribution in [3.63, 3.8) is 0 Å². The molecule has 0 bridgehead atoms. The summed E-state index contributed by atoms with van der Waals surface area (Å²) in [5.74, 6) is -1.50. The van der Waals surface area contributed by atoms with Crippen LogP contribution in [0.15, 0.2) is 6.20 Å². The van der Waals surface area contributed by atoms with Crippen LogP contribution in [0.1, 0.15) is 20.8 Å². The molecule has 0 aromatic carbocycles. The molecule has 1 amide bonds. The number of aromatic nitrogens is 2. The van der Waals surface area contributed by atoms with Gasteiger partial charge in [0.15, 0.2) is 0 Å². The summed E-state index contributed by atoms with van der Waals surface area (Å²) in [5.41, 5.74) is 0.0935. The number of aromatic carboxylic acids is 1. The van der Waals surface area contributed by atoms with Gasteiger partial charge in [0.2, 0.25) is 0 Å². The molecule has 0 saturated carbocycles. The maximum absolute atomic E-state index is 11.2. The van der Waals surface area contributed by atoms with Gasteiger partial charge in [0, 0.05) is 6.54 Å². The minimum Gasteiger partial charge on any atom is -0.478 e. The Bertz CT molecular complexity index is 382. The van der Waals surface area contributed by atoms with Crippen LogP contribution in [-0.4, -0.2) is 33.3 Å². The fourth-order valence-corrected chi connectivity index (χ4v) is 1.31. The van der Waals surface area contributed by atoms with Gasteiger partial charge in [-0.05, 0) is 0 Å². The summed E-state index contributed by atoms with van der Waals surface area (Å²) < 4.78 is 1.41. The number of nitrogens with one attached hydrogen (secondary N) is 1. The minimum atomic E-state index is -1.13. The standard InChI is InChI=1S/C7H7N3O3/c11-6-5-4(7(12)13)3-9-10(5)2-1-8-6/h3H,1-2H2,(H,8,11)(H,12,13). The third-order valence-corrected chi connectivity index (χ3v) is 1.89. The molecule has 0 saturated heterocycles. The molecular weight excluding hydrogens is 174 g/mol. The van der Waals surface area contributed by atoms with Crippen molar-refractivity contribution in [1.29, 1.82) is 0 Å². The van der Waals surface area contributed by atoms with Crippen LogP contribution in [0.25, 0.3) is 0 Å². The van der Waals surface area contributed by atoms with Crippen molar-refractivity contribution in [2.45, 2.75) is 6.54 Å². The summed E-state index contributed by atoms with van der Waals surface area (Å²) in [5, 5.41) is 15.1. The third kappa shape index (κ3) is 1.07. The number of carbonyl (C=O) groups is 2. The maximum atomic E-state index is 11.2. The van der Waals surface area contributed by atoms with Crippen LogP contribution in [-0.2, 0) is 6.54 Å². The van der Waals surface area contributed by atoms with Crippen molar-refractivity contribution < 1.29 is 14.7 Å². The van der Waals surface area contributed by atoms with E-state index in [1.807, 2.05) is 0 Å². The molecule has 2 rings (SSSR count). The fraction of sp³-hybridized carbons (Fsp3) is 0.286. The molecule has 1 aliphatic rings. The smallest absolute Gasteiger partial charge is 0.339 e. The second kappa shape index (κ2) is 2.58. The highest BCUT2D eigenvalue weighted by molar-refractivity contribution is 6.03. The first-order chi connectivity index (χ1) is 6.20. The fourth-order valence-electron chi connectivity index (χ4n) is 1.31. The van der Waals surface area contributed by atoms with Gasteiger partial charge in [-0.1, -0.05) is 0 Å². The van der Waals surface area contributed by atoms with Gasteiger partial charge in [-0.25, -0.2) is 4.79 Å².